The van der Waals surface area contributed by atoms with Crippen molar-refractivity contribution in [3.05, 3.63) is 24.3 Å². The number of benzene rings is 1. The largest absolute Gasteiger partial charge is 0.493 e. The van der Waals surface area contributed by atoms with E-state index in [1.54, 1.807) is 44.2 Å². The van der Waals surface area contributed by atoms with Gasteiger partial charge in [-0.1, -0.05) is 12.1 Å². The third-order valence-electron chi connectivity index (χ3n) is 3.44. The number of carbonyl (C=O) groups is 2. The molecule has 0 bridgehead atoms. The molecule has 25 heavy (non-hydrogen) atoms. The third kappa shape index (κ3) is 7.89. The van der Waals surface area contributed by atoms with Gasteiger partial charge in [0, 0.05) is 26.8 Å². The second kappa shape index (κ2) is 12.1. The summed E-state index contributed by atoms with van der Waals surface area (Å²) >= 11 is 0. The Morgan fingerprint density at radius 2 is 1.80 bits per heavy atom. The molecule has 0 N–H and O–H groups in total. The minimum atomic E-state index is -0.322. The quantitative estimate of drug-likeness (QED) is 0.422. The molecule has 7 heteroatoms. The molecule has 0 spiro atoms. The van der Waals surface area contributed by atoms with E-state index in [-0.39, 0.29) is 31.4 Å². The summed E-state index contributed by atoms with van der Waals surface area (Å²) in [5.41, 5.74) is 0. The summed E-state index contributed by atoms with van der Waals surface area (Å²) in [5, 5.41) is 0. The Labute approximate surface area is 148 Å². The van der Waals surface area contributed by atoms with E-state index in [1.807, 2.05) is 6.07 Å². The molecule has 7 nitrogen and oxygen atoms in total. The predicted molar refractivity (Wildman–Crippen MR) is 92.8 cm³/mol. The van der Waals surface area contributed by atoms with Gasteiger partial charge in [-0.25, -0.2) is 0 Å². The molecule has 0 unspecified atom stereocenters. The number of hydrogen-bond acceptors (Lipinski definition) is 6. The third-order valence-corrected chi connectivity index (χ3v) is 3.44. The predicted octanol–water partition coefficient (Wildman–Crippen LogP) is 1.89. The van der Waals surface area contributed by atoms with Crippen molar-refractivity contribution in [1.29, 1.82) is 0 Å². The molecule has 1 aromatic carbocycles. The minimum Gasteiger partial charge on any atom is -0.493 e. The van der Waals surface area contributed by atoms with Crippen LogP contribution in [0.2, 0.25) is 0 Å². The molecule has 140 valence electrons. The van der Waals surface area contributed by atoms with Crippen LogP contribution in [0.15, 0.2) is 24.3 Å². The summed E-state index contributed by atoms with van der Waals surface area (Å²) < 4.78 is 20.7. The van der Waals surface area contributed by atoms with Gasteiger partial charge < -0.3 is 23.8 Å². The number of methoxy groups -OCH3 is 2. The molecule has 0 saturated carbocycles. The van der Waals surface area contributed by atoms with E-state index in [4.69, 9.17) is 18.9 Å². The van der Waals surface area contributed by atoms with E-state index in [9.17, 15) is 9.59 Å². The molecule has 0 aliphatic rings. The van der Waals surface area contributed by atoms with Gasteiger partial charge in [-0.15, -0.1) is 0 Å². The summed E-state index contributed by atoms with van der Waals surface area (Å²) in [4.78, 5) is 25.6. The van der Waals surface area contributed by atoms with Crippen molar-refractivity contribution in [1.82, 2.24) is 4.90 Å². The maximum absolute atomic E-state index is 12.4. The van der Waals surface area contributed by atoms with Gasteiger partial charge in [0.25, 0.3) is 5.91 Å². The zero-order valence-electron chi connectivity index (χ0n) is 15.2. The second-order valence-electron chi connectivity index (χ2n) is 5.22. The fourth-order valence-corrected chi connectivity index (χ4v) is 2.19. The Bertz CT molecular complexity index is 534. The van der Waals surface area contributed by atoms with Crippen LogP contribution >= 0.6 is 0 Å². The molecule has 0 saturated heterocycles. The Morgan fingerprint density at radius 3 is 2.44 bits per heavy atom. The van der Waals surface area contributed by atoms with Gasteiger partial charge in [0.1, 0.15) is 0 Å². The fraction of sp³-hybridized carbons (Fsp3) is 0.556. The molecular weight excluding hydrogens is 326 g/mol. The summed E-state index contributed by atoms with van der Waals surface area (Å²) in [5.74, 6) is 0.539. The van der Waals surface area contributed by atoms with Crippen molar-refractivity contribution < 1.29 is 28.5 Å². The van der Waals surface area contributed by atoms with Crippen molar-refractivity contribution in [2.24, 2.45) is 0 Å². The lowest BCUT2D eigenvalue weighted by atomic mass is 10.3. The standard InChI is InChI=1S/C18H27NO6/c1-4-24-18(21)10-12-19(11-7-13-22-2)17(20)14-25-16-9-6-5-8-15(16)23-3/h5-6,8-9H,4,7,10-14H2,1-3H3. The highest BCUT2D eigenvalue weighted by molar-refractivity contribution is 5.78. The molecule has 0 heterocycles. The van der Waals surface area contributed by atoms with Crippen LogP contribution in [0.3, 0.4) is 0 Å². The Kier molecular flexibility index (Phi) is 10.1. The van der Waals surface area contributed by atoms with E-state index in [1.165, 1.54) is 0 Å². The Balaban J connectivity index is 2.59. The van der Waals surface area contributed by atoms with E-state index >= 15 is 0 Å². The Morgan fingerprint density at radius 1 is 1.08 bits per heavy atom. The van der Waals surface area contributed by atoms with E-state index < -0.39 is 0 Å². The number of carbonyl (C=O) groups excluding carboxylic acids is 2. The van der Waals surface area contributed by atoms with E-state index in [2.05, 4.69) is 0 Å². The highest BCUT2D eigenvalue weighted by Crippen LogP contribution is 2.25. The number of amides is 1. The average Bonchev–Trinajstić information content (AvgIpc) is 2.63. The summed E-state index contributed by atoms with van der Waals surface area (Å²) in [7, 11) is 3.15. The lowest BCUT2D eigenvalue weighted by molar-refractivity contribution is -0.144. The van der Waals surface area contributed by atoms with Crippen LogP contribution in [0, 0.1) is 0 Å². The van der Waals surface area contributed by atoms with Gasteiger partial charge in [-0.05, 0) is 25.5 Å². The van der Waals surface area contributed by atoms with Gasteiger partial charge in [0.15, 0.2) is 18.1 Å². The SMILES string of the molecule is CCOC(=O)CCN(CCCOC)C(=O)COc1ccccc1OC. The van der Waals surface area contributed by atoms with Gasteiger partial charge >= 0.3 is 5.97 Å². The molecule has 0 aromatic heterocycles. The van der Waals surface area contributed by atoms with Gasteiger partial charge in [-0.2, -0.15) is 0 Å². The maximum Gasteiger partial charge on any atom is 0.307 e. The van der Waals surface area contributed by atoms with Gasteiger partial charge in [0.05, 0.1) is 20.1 Å². The highest BCUT2D eigenvalue weighted by atomic mass is 16.5. The second-order valence-corrected chi connectivity index (χ2v) is 5.22. The number of para-hydroxylation sites is 2. The first-order valence-corrected chi connectivity index (χ1v) is 8.30. The molecule has 1 amide bonds. The number of nitrogens with zero attached hydrogens (tertiary/aromatic N) is 1. The molecule has 1 aromatic rings. The van der Waals surface area contributed by atoms with E-state index in [0.29, 0.717) is 37.7 Å². The molecule has 0 fully saturated rings. The first-order chi connectivity index (χ1) is 12.1. The zero-order chi connectivity index (χ0) is 18.5. The summed E-state index contributed by atoms with van der Waals surface area (Å²) in [6.45, 7) is 3.26. The zero-order valence-corrected chi connectivity index (χ0v) is 15.2. The first-order valence-electron chi connectivity index (χ1n) is 8.30. The monoisotopic (exact) mass is 353 g/mol. The van der Waals surface area contributed by atoms with Crippen LogP contribution in [-0.4, -0.2) is 63.9 Å². The van der Waals surface area contributed by atoms with Gasteiger partial charge in [-0.3, -0.25) is 9.59 Å². The molecular formula is C18H27NO6. The lowest BCUT2D eigenvalue weighted by Crippen LogP contribution is -2.37. The molecule has 0 atom stereocenters. The molecule has 0 aliphatic carbocycles. The number of rotatable bonds is 12. The number of esters is 1. The van der Waals surface area contributed by atoms with Crippen LogP contribution in [0.4, 0.5) is 0 Å². The summed E-state index contributed by atoms with van der Waals surface area (Å²) in [6, 6.07) is 7.13. The maximum atomic E-state index is 12.4. The Hall–Kier alpha value is -2.28. The summed E-state index contributed by atoms with van der Waals surface area (Å²) in [6.07, 6.45) is 0.834. The molecule has 1 rings (SSSR count). The minimum absolute atomic E-state index is 0.129. The lowest BCUT2D eigenvalue weighted by Gasteiger charge is -2.22. The number of hydrogen-bond donors (Lipinski definition) is 0. The van der Waals surface area contributed by atoms with Crippen molar-refractivity contribution in [2.75, 3.05) is 47.1 Å². The number of ether oxygens (including phenoxy) is 4. The highest BCUT2D eigenvalue weighted by Gasteiger charge is 2.16. The molecule has 0 aliphatic heterocycles. The van der Waals surface area contributed by atoms with E-state index in [0.717, 1.165) is 0 Å². The fourth-order valence-electron chi connectivity index (χ4n) is 2.19. The van der Waals surface area contributed by atoms with Crippen molar-refractivity contribution in [2.45, 2.75) is 19.8 Å². The van der Waals surface area contributed by atoms with Crippen LogP contribution in [0.1, 0.15) is 19.8 Å². The first kappa shape index (κ1) is 20.8. The average molecular weight is 353 g/mol. The smallest absolute Gasteiger partial charge is 0.307 e. The molecule has 0 radical (unpaired) electrons. The van der Waals surface area contributed by atoms with Crippen molar-refractivity contribution >= 4 is 11.9 Å². The van der Waals surface area contributed by atoms with Crippen LogP contribution in [-0.2, 0) is 19.1 Å². The van der Waals surface area contributed by atoms with Crippen LogP contribution in [0.5, 0.6) is 11.5 Å². The van der Waals surface area contributed by atoms with Crippen molar-refractivity contribution in [3.63, 3.8) is 0 Å². The normalized spacial score (nSPS) is 10.2. The van der Waals surface area contributed by atoms with Crippen LogP contribution in [0.25, 0.3) is 0 Å². The van der Waals surface area contributed by atoms with Gasteiger partial charge in [0.2, 0.25) is 0 Å². The van der Waals surface area contributed by atoms with Crippen LogP contribution < -0.4 is 9.47 Å². The van der Waals surface area contributed by atoms with Crippen molar-refractivity contribution in [3.8, 4) is 11.5 Å². The topological polar surface area (TPSA) is 74.3 Å².